The van der Waals surface area contributed by atoms with E-state index in [2.05, 4.69) is 55.6 Å². The molecule has 8 heteroatoms. The van der Waals surface area contributed by atoms with Crippen LogP contribution in [0.5, 0.6) is 0 Å². The van der Waals surface area contributed by atoms with Gasteiger partial charge in [-0.25, -0.2) is 15.0 Å². The van der Waals surface area contributed by atoms with Crippen LogP contribution in [0.1, 0.15) is 47.1 Å². The molecule has 1 amide bonds. The monoisotopic (exact) mass is 486 g/mol. The summed E-state index contributed by atoms with van der Waals surface area (Å²) in [4.78, 5) is 28.9. The first-order valence-corrected chi connectivity index (χ1v) is 12.9. The van der Waals surface area contributed by atoms with E-state index in [1.807, 2.05) is 32.0 Å². The lowest BCUT2D eigenvalue weighted by Crippen LogP contribution is -2.32. The number of aryl methyl sites for hydroxylation is 2. The zero-order chi connectivity index (χ0) is 24.4. The molecule has 0 spiro atoms. The van der Waals surface area contributed by atoms with Crippen molar-refractivity contribution >= 4 is 44.2 Å². The molecule has 0 unspecified atom stereocenters. The lowest BCUT2D eigenvalue weighted by molar-refractivity contribution is 0.102. The van der Waals surface area contributed by atoms with Crippen LogP contribution in [0.2, 0.25) is 0 Å². The number of hydrogen-bond acceptors (Lipinski definition) is 7. The Morgan fingerprint density at radius 2 is 1.80 bits per heavy atom. The molecule has 180 valence electrons. The number of benzene rings is 2. The van der Waals surface area contributed by atoms with Gasteiger partial charge in [-0.1, -0.05) is 30.4 Å². The molecule has 0 radical (unpaired) electrons. The number of aromatic nitrogens is 3. The van der Waals surface area contributed by atoms with Gasteiger partial charge in [-0.2, -0.15) is 0 Å². The van der Waals surface area contributed by atoms with E-state index in [0.717, 1.165) is 52.8 Å². The first-order valence-electron chi connectivity index (χ1n) is 12.0. The van der Waals surface area contributed by atoms with Crippen molar-refractivity contribution in [3.8, 4) is 0 Å². The first-order chi connectivity index (χ1) is 16.9. The van der Waals surface area contributed by atoms with Crippen LogP contribution >= 0.6 is 11.3 Å². The highest BCUT2D eigenvalue weighted by atomic mass is 32.1. The minimum atomic E-state index is -0.197. The number of rotatable bonds is 6. The minimum Gasteiger partial charge on any atom is -0.324 e. The van der Waals surface area contributed by atoms with Crippen LogP contribution in [0.3, 0.4) is 0 Å². The number of nitrogens with one attached hydrogen (secondary N) is 2. The maximum absolute atomic E-state index is 12.9. The van der Waals surface area contributed by atoms with E-state index in [4.69, 9.17) is 0 Å². The highest BCUT2D eigenvalue weighted by Gasteiger charge is 2.16. The van der Waals surface area contributed by atoms with Crippen LogP contribution < -0.4 is 10.6 Å². The Hall–Kier alpha value is -3.36. The third kappa shape index (κ3) is 5.83. The molecule has 0 atom stereocenters. The zero-order valence-electron chi connectivity index (χ0n) is 20.3. The molecule has 4 aromatic rings. The Labute approximate surface area is 209 Å². The molecule has 7 nitrogen and oxygen atoms in total. The molecular weight excluding hydrogens is 456 g/mol. The second kappa shape index (κ2) is 10.1. The quantitative estimate of drug-likeness (QED) is 0.351. The van der Waals surface area contributed by atoms with E-state index in [1.54, 1.807) is 12.1 Å². The summed E-state index contributed by atoms with van der Waals surface area (Å²) in [7, 11) is 0. The molecule has 3 heterocycles. The number of anilines is 3. The standard InChI is InChI=1S/C27H30N6OS/c1-17-9-11-33(12-10-17)16-20-7-8-23-24(14-20)35-27(31-23)32-25(34)21-5-4-6-22(15-21)30-26-28-18(2)13-19(3)29-26/h4-8,13-15,17H,9-12,16H2,1-3H3,(H,28,29,30)(H,31,32,34). The summed E-state index contributed by atoms with van der Waals surface area (Å²) in [6.07, 6.45) is 2.54. The van der Waals surface area contributed by atoms with E-state index < -0.39 is 0 Å². The topological polar surface area (TPSA) is 83.0 Å². The number of thiazole rings is 1. The highest BCUT2D eigenvalue weighted by Crippen LogP contribution is 2.28. The van der Waals surface area contributed by atoms with E-state index in [9.17, 15) is 4.79 Å². The SMILES string of the molecule is Cc1cc(C)nc(Nc2cccc(C(=O)Nc3nc4ccc(CN5CCC(C)CC5)cc4s3)c2)n1. The van der Waals surface area contributed by atoms with Crippen molar-refractivity contribution in [2.75, 3.05) is 23.7 Å². The van der Waals surface area contributed by atoms with E-state index in [1.165, 1.54) is 29.7 Å². The van der Waals surface area contributed by atoms with Crippen molar-refractivity contribution in [1.29, 1.82) is 0 Å². The Morgan fingerprint density at radius 3 is 2.57 bits per heavy atom. The van der Waals surface area contributed by atoms with Gasteiger partial charge in [0, 0.05) is 29.2 Å². The van der Waals surface area contributed by atoms with Crippen LogP contribution in [0.4, 0.5) is 16.8 Å². The Balaban J connectivity index is 1.26. The lowest BCUT2D eigenvalue weighted by Gasteiger charge is -2.30. The third-order valence-electron chi connectivity index (χ3n) is 6.32. The van der Waals surface area contributed by atoms with Gasteiger partial charge < -0.3 is 5.32 Å². The summed E-state index contributed by atoms with van der Waals surface area (Å²) in [6.45, 7) is 9.48. The average Bonchev–Trinajstić information content (AvgIpc) is 3.21. The molecule has 2 aromatic carbocycles. The predicted molar refractivity (Wildman–Crippen MR) is 142 cm³/mol. The van der Waals surface area contributed by atoms with Crippen molar-refractivity contribution in [2.24, 2.45) is 5.92 Å². The van der Waals surface area contributed by atoms with Gasteiger partial charge in [0.2, 0.25) is 5.95 Å². The largest absolute Gasteiger partial charge is 0.324 e. The number of carbonyl (C=O) groups is 1. The number of nitrogens with zero attached hydrogens (tertiary/aromatic N) is 4. The minimum absolute atomic E-state index is 0.197. The number of piperidine rings is 1. The van der Waals surface area contributed by atoms with Crippen LogP contribution in [0, 0.1) is 19.8 Å². The number of fused-ring (bicyclic) bond motifs is 1. The fourth-order valence-electron chi connectivity index (χ4n) is 4.42. The summed E-state index contributed by atoms with van der Waals surface area (Å²) in [5.74, 6) is 1.15. The fraction of sp³-hybridized carbons (Fsp3) is 0.333. The summed E-state index contributed by atoms with van der Waals surface area (Å²) in [6, 6.07) is 15.6. The van der Waals surface area contributed by atoms with Gasteiger partial charge in [-0.3, -0.25) is 15.0 Å². The molecule has 1 aliphatic rings. The van der Waals surface area contributed by atoms with Gasteiger partial charge in [0.1, 0.15) is 0 Å². The smallest absolute Gasteiger partial charge is 0.257 e. The Bertz CT molecular complexity index is 1340. The molecule has 2 N–H and O–H groups in total. The normalized spacial score (nSPS) is 14.8. The second-order valence-electron chi connectivity index (χ2n) is 9.41. The van der Waals surface area contributed by atoms with Gasteiger partial charge in [0.05, 0.1) is 10.2 Å². The summed E-state index contributed by atoms with van der Waals surface area (Å²) >= 11 is 1.51. The van der Waals surface area contributed by atoms with Crippen LogP contribution in [0.15, 0.2) is 48.5 Å². The second-order valence-corrected chi connectivity index (χ2v) is 10.4. The predicted octanol–water partition coefficient (Wildman–Crippen LogP) is 5.93. The van der Waals surface area contributed by atoms with Gasteiger partial charge in [0.25, 0.3) is 5.91 Å². The third-order valence-corrected chi connectivity index (χ3v) is 7.25. The lowest BCUT2D eigenvalue weighted by atomic mass is 9.99. The molecule has 2 aromatic heterocycles. The first kappa shape index (κ1) is 23.4. The van der Waals surface area contributed by atoms with Crippen LogP contribution in [-0.2, 0) is 6.54 Å². The van der Waals surface area contributed by atoms with Gasteiger partial charge >= 0.3 is 0 Å². The maximum atomic E-state index is 12.9. The van der Waals surface area contributed by atoms with Gasteiger partial charge in [0.15, 0.2) is 5.13 Å². The van der Waals surface area contributed by atoms with Crippen molar-refractivity contribution in [1.82, 2.24) is 19.9 Å². The molecule has 0 bridgehead atoms. The number of likely N-dealkylation sites (tertiary alicyclic amines) is 1. The summed E-state index contributed by atoms with van der Waals surface area (Å²) in [5, 5.41) is 6.75. The fourth-order valence-corrected chi connectivity index (χ4v) is 5.34. The molecule has 35 heavy (non-hydrogen) atoms. The molecule has 1 aliphatic heterocycles. The Morgan fingerprint density at radius 1 is 1.03 bits per heavy atom. The van der Waals surface area contributed by atoms with Crippen LogP contribution in [0.25, 0.3) is 10.2 Å². The van der Waals surface area contributed by atoms with Crippen molar-refractivity contribution in [3.05, 3.63) is 71.0 Å². The van der Waals surface area contributed by atoms with Crippen molar-refractivity contribution < 1.29 is 4.79 Å². The summed E-state index contributed by atoms with van der Waals surface area (Å²) < 4.78 is 1.09. The Kier molecular flexibility index (Phi) is 6.74. The molecule has 5 rings (SSSR count). The number of hydrogen-bond donors (Lipinski definition) is 2. The molecule has 1 fully saturated rings. The van der Waals surface area contributed by atoms with Crippen molar-refractivity contribution in [3.63, 3.8) is 0 Å². The van der Waals surface area contributed by atoms with Crippen molar-refractivity contribution in [2.45, 2.75) is 40.2 Å². The maximum Gasteiger partial charge on any atom is 0.257 e. The molecule has 0 saturated carbocycles. The van der Waals surface area contributed by atoms with Crippen LogP contribution in [-0.4, -0.2) is 38.8 Å². The molecular formula is C27H30N6OS. The summed E-state index contributed by atoms with van der Waals surface area (Å²) in [5.41, 5.74) is 5.27. The number of carbonyl (C=O) groups excluding carboxylic acids is 1. The molecule has 1 saturated heterocycles. The van der Waals surface area contributed by atoms with E-state index in [-0.39, 0.29) is 5.91 Å². The van der Waals surface area contributed by atoms with Gasteiger partial charge in [-0.05, 0) is 87.7 Å². The van der Waals surface area contributed by atoms with E-state index >= 15 is 0 Å². The highest BCUT2D eigenvalue weighted by molar-refractivity contribution is 7.22. The van der Waals surface area contributed by atoms with E-state index in [0.29, 0.717) is 16.6 Å². The zero-order valence-corrected chi connectivity index (χ0v) is 21.2. The number of amides is 1. The average molecular weight is 487 g/mol. The molecule has 0 aliphatic carbocycles. The van der Waals surface area contributed by atoms with Gasteiger partial charge in [-0.15, -0.1) is 0 Å².